The number of methoxy groups -OCH3 is 2. The lowest BCUT2D eigenvalue weighted by Crippen LogP contribution is -2.49. The topological polar surface area (TPSA) is 76.7 Å². The second kappa shape index (κ2) is 10.5. The summed E-state index contributed by atoms with van der Waals surface area (Å²) in [6, 6.07) is 13.9. The van der Waals surface area contributed by atoms with Crippen LogP contribution < -0.4 is 15.4 Å². The molecule has 6 nitrogen and oxygen atoms in total. The Balaban J connectivity index is 2.02. The predicted octanol–water partition coefficient (Wildman–Crippen LogP) is 2.91. The Labute approximate surface area is 166 Å². The van der Waals surface area contributed by atoms with Crippen LogP contribution in [0.4, 0.5) is 0 Å². The van der Waals surface area contributed by atoms with Crippen LogP contribution in [-0.4, -0.2) is 32.1 Å². The first kappa shape index (κ1) is 21.4. The Morgan fingerprint density at radius 1 is 0.964 bits per heavy atom. The summed E-state index contributed by atoms with van der Waals surface area (Å²) < 4.78 is 10.3. The van der Waals surface area contributed by atoms with Gasteiger partial charge in [-0.25, -0.2) is 0 Å². The van der Waals surface area contributed by atoms with E-state index in [0.29, 0.717) is 24.5 Å². The molecule has 0 spiro atoms. The molecule has 28 heavy (non-hydrogen) atoms. The van der Waals surface area contributed by atoms with Crippen LogP contribution in [-0.2, 0) is 22.7 Å². The zero-order valence-electron chi connectivity index (χ0n) is 16.8. The van der Waals surface area contributed by atoms with Crippen LogP contribution in [0.3, 0.4) is 0 Å². The van der Waals surface area contributed by atoms with Crippen molar-refractivity contribution in [2.45, 2.75) is 33.0 Å². The van der Waals surface area contributed by atoms with Crippen LogP contribution in [0.5, 0.6) is 5.75 Å². The second-order valence-electron chi connectivity index (χ2n) is 6.84. The summed E-state index contributed by atoms with van der Waals surface area (Å²) in [4.78, 5) is 25.2. The normalized spacial score (nSPS) is 11.8. The number of rotatable bonds is 9. The average molecular weight is 384 g/mol. The third-order valence-electron chi connectivity index (χ3n) is 4.46. The number of benzene rings is 2. The van der Waals surface area contributed by atoms with E-state index in [0.717, 1.165) is 11.1 Å². The van der Waals surface area contributed by atoms with Crippen LogP contribution in [0.25, 0.3) is 0 Å². The fourth-order valence-corrected chi connectivity index (χ4v) is 2.82. The number of hydrogen-bond acceptors (Lipinski definition) is 4. The van der Waals surface area contributed by atoms with Crippen molar-refractivity contribution >= 4 is 11.8 Å². The Hall–Kier alpha value is -2.86. The number of ether oxygens (including phenoxy) is 2. The standard InChI is InChI=1S/C22H28N2O4/c1-15(2)20(24-21(25)16-9-11-19(28-4)12-10-16)22(26)23-13-17-7-5-6-8-18(17)14-27-3/h5-12,15,20H,13-14H2,1-4H3,(H,23,26)(H,24,25). The Bertz CT molecular complexity index is 787. The van der Waals surface area contributed by atoms with Crippen LogP contribution in [0, 0.1) is 5.92 Å². The minimum atomic E-state index is -0.635. The fraction of sp³-hybridized carbons (Fsp3) is 0.364. The molecule has 0 saturated heterocycles. The number of carbonyl (C=O) groups is 2. The van der Waals surface area contributed by atoms with Gasteiger partial charge in [-0.05, 0) is 41.3 Å². The Kier molecular flexibility index (Phi) is 8.02. The molecule has 0 aliphatic rings. The molecule has 2 aromatic rings. The number of hydrogen-bond donors (Lipinski definition) is 2. The fourth-order valence-electron chi connectivity index (χ4n) is 2.82. The lowest BCUT2D eigenvalue weighted by molar-refractivity contribution is -0.124. The Morgan fingerprint density at radius 2 is 1.61 bits per heavy atom. The highest BCUT2D eigenvalue weighted by Crippen LogP contribution is 2.13. The van der Waals surface area contributed by atoms with Crippen LogP contribution in [0.1, 0.15) is 35.3 Å². The number of carbonyl (C=O) groups excluding carboxylic acids is 2. The lowest BCUT2D eigenvalue weighted by atomic mass is 10.0. The molecule has 0 aliphatic carbocycles. The number of amides is 2. The molecule has 0 saturated carbocycles. The minimum absolute atomic E-state index is 0.0589. The van der Waals surface area contributed by atoms with E-state index in [-0.39, 0.29) is 17.7 Å². The van der Waals surface area contributed by atoms with Gasteiger partial charge < -0.3 is 20.1 Å². The molecule has 1 atom stereocenters. The first-order valence-electron chi connectivity index (χ1n) is 9.24. The van der Waals surface area contributed by atoms with Crippen molar-refractivity contribution in [1.82, 2.24) is 10.6 Å². The van der Waals surface area contributed by atoms with Crippen molar-refractivity contribution < 1.29 is 19.1 Å². The average Bonchev–Trinajstić information content (AvgIpc) is 2.71. The van der Waals surface area contributed by atoms with E-state index in [1.165, 1.54) is 0 Å². The molecule has 1 unspecified atom stereocenters. The van der Waals surface area contributed by atoms with Gasteiger partial charge in [-0.3, -0.25) is 9.59 Å². The van der Waals surface area contributed by atoms with Gasteiger partial charge >= 0.3 is 0 Å². The first-order valence-corrected chi connectivity index (χ1v) is 9.24. The van der Waals surface area contributed by atoms with Gasteiger partial charge in [0.05, 0.1) is 13.7 Å². The largest absolute Gasteiger partial charge is 0.497 e. The number of nitrogens with one attached hydrogen (secondary N) is 2. The third kappa shape index (κ3) is 5.82. The van der Waals surface area contributed by atoms with E-state index in [9.17, 15) is 9.59 Å². The highest BCUT2D eigenvalue weighted by atomic mass is 16.5. The molecule has 0 bridgehead atoms. The maximum atomic E-state index is 12.7. The van der Waals surface area contributed by atoms with E-state index < -0.39 is 6.04 Å². The van der Waals surface area contributed by atoms with Gasteiger partial charge in [0.1, 0.15) is 11.8 Å². The van der Waals surface area contributed by atoms with Gasteiger partial charge in [-0.2, -0.15) is 0 Å². The molecule has 0 aliphatic heterocycles. The van der Waals surface area contributed by atoms with Crippen LogP contribution in [0.2, 0.25) is 0 Å². The summed E-state index contributed by atoms with van der Waals surface area (Å²) in [5.41, 5.74) is 2.49. The van der Waals surface area contributed by atoms with Crippen molar-refractivity contribution in [2.75, 3.05) is 14.2 Å². The van der Waals surface area contributed by atoms with Crippen LogP contribution in [0.15, 0.2) is 48.5 Å². The smallest absolute Gasteiger partial charge is 0.251 e. The van der Waals surface area contributed by atoms with Gasteiger partial charge in [0.15, 0.2) is 0 Å². The molecular formula is C22H28N2O4. The molecule has 2 rings (SSSR count). The summed E-state index contributed by atoms with van der Waals surface area (Å²) in [5, 5.41) is 5.75. The zero-order chi connectivity index (χ0) is 20.5. The highest BCUT2D eigenvalue weighted by Gasteiger charge is 2.24. The van der Waals surface area contributed by atoms with E-state index in [2.05, 4.69) is 10.6 Å². The summed E-state index contributed by atoms with van der Waals surface area (Å²) >= 11 is 0. The molecular weight excluding hydrogens is 356 g/mol. The minimum Gasteiger partial charge on any atom is -0.497 e. The van der Waals surface area contributed by atoms with Crippen molar-refractivity contribution in [3.63, 3.8) is 0 Å². The zero-order valence-corrected chi connectivity index (χ0v) is 16.8. The maximum Gasteiger partial charge on any atom is 0.251 e. The molecule has 6 heteroatoms. The van der Waals surface area contributed by atoms with Crippen LogP contribution >= 0.6 is 0 Å². The monoisotopic (exact) mass is 384 g/mol. The van der Waals surface area contributed by atoms with Gasteiger partial charge in [0, 0.05) is 19.2 Å². The van der Waals surface area contributed by atoms with E-state index >= 15 is 0 Å². The molecule has 2 amide bonds. The van der Waals surface area contributed by atoms with E-state index in [4.69, 9.17) is 9.47 Å². The van der Waals surface area contributed by atoms with Gasteiger partial charge in [0.25, 0.3) is 5.91 Å². The van der Waals surface area contributed by atoms with Gasteiger partial charge in [0.2, 0.25) is 5.91 Å². The summed E-state index contributed by atoms with van der Waals surface area (Å²) in [5.74, 6) is 0.0983. The maximum absolute atomic E-state index is 12.7. The second-order valence-corrected chi connectivity index (χ2v) is 6.84. The van der Waals surface area contributed by atoms with Crippen molar-refractivity contribution in [2.24, 2.45) is 5.92 Å². The lowest BCUT2D eigenvalue weighted by Gasteiger charge is -2.22. The van der Waals surface area contributed by atoms with Gasteiger partial charge in [-0.1, -0.05) is 38.1 Å². The molecule has 0 fully saturated rings. The molecule has 2 N–H and O–H groups in total. The predicted molar refractivity (Wildman–Crippen MR) is 108 cm³/mol. The quantitative estimate of drug-likeness (QED) is 0.697. The van der Waals surface area contributed by atoms with E-state index in [1.807, 2.05) is 38.1 Å². The SMILES string of the molecule is COCc1ccccc1CNC(=O)C(NC(=O)c1ccc(OC)cc1)C(C)C. The molecule has 0 radical (unpaired) electrons. The molecule has 150 valence electrons. The molecule has 0 aromatic heterocycles. The van der Waals surface area contributed by atoms with E-state index in [1.54, 1.807) is 38.5 Å². The highest BCUT2D eigenvalue weighted by molar-refractivity contribution is 5.97. The summed E-state index contributed by atoms with van der Waals surface area (Å²) in [6.45, 7) is 4.66. The summed E-state index contributed by atoms with van der Waals surface area (Å²) in [6.07, 6.45) is 0. The summed E-state index contributed by atoms with van der Waals surface area (Å²) in [7, 11) is 3.21. The molecule has 0 heterocycles. The van der Waals surface area contributed by atoms with Crippen molar-refractivity contribution in [3.05, 3.63) is 65.2 Å². The van der Waals surface area contributed by atoms with Crippen molar-refractivity contribution in [1.29, 1.82) is 0 Å². The Morgan fingerprint density at radius 3 is 2.18 bits per heavy atom. The third-order valence-corrected chi connectivity index (χ3v) is 4.46. The first-order chi connectivity index (χ1) is 13.5. The van der Waals surface area contributed by atoms with Crippen molar-refractivity contribution in [3.8, 4) is 5.75 Å². The van der Waals surface area contributed by atoms with Gasteiger partial charge in [-0.15, -0.1) is 0 Å². The molecule has 2 aromatic carbocycles.